The van der Waals surface area contributed by atoms with Crippen LogP contribution in [0.25, 0.3) is 0 Å². The molecule has 0 saturated heterocycles. The second-order valence-corrected chi connectivity index (χ2v) is 9.08. The zero-order chi connectivity index (χ0) is 16.6. The number of aliphatic hydroxyl groups excluding tert-OH is 4. The average Bonchev–Trinajstić information content (AvgIpc) is 2.73. The smallest absolute Gasteiger partial charge is 0.0855 e. The maximum atomic E-state index is 10.9. The van der Waals surface area contributed by atoms with Gasteiger partial charge in [0, 0.05) is 0 Å². The molecule has 0 heterocycles. The van der Waals surface area contributed by atoms with Crippen LogP contribution in [0.15, 0.2) is 11.6 Å². The molecule has 0 amide bonds. The van der Waals surface area contributed by atoms with Crippen LogP contribution in [0.4, 0.5) is 0 Å². The van der Waals surface area contributed by atoms with E-state index in [0.717, 1.165) is 25.7 Å². The van der Waals surface area contributed by atoms with Crippen molar-refractivity contribution in [2.45, 2.75) is 76.8 Å². The first-order valence-corrected chi connectivity index (χ1v) is 9.21. The summed E-state index contributed by atoms with van der Waals surface area (Å²) in [5.74, 6) is 0.674. The molecule has 0 bridgehead atoms. The van der Waals surface area contributed by atoms with Gasteiger partial charge in [-0.25, -0.2) is 0 Å². The van der Waals surface area contributed by atoms with Crippen LogP contribution in [0.2, 0.25) is 0 Å². The Morgan fingerprint density at radius 3 is 2.48 bits per heavy atom. The minimum Gasteiger partial charge on any atom is -0.393 e. The van der Waals surface area contributed by atoms with Crippen molar-refractivity contribution in [3.05, 3.63) is 11.6 Å². The highest BCUT2D eigenvalue weighted by atomic mass is 16.3. The Morgan fingerprint density at radius 2 is 1.74 bits per heavy atom. The van der Waals surface area contributed by atoms with Crippen LogP contribution in [0, 0.1) is 28.6 Å². The maximum Gasteiger partial charge on any atom is 0.0855 e. The van der Waals surface area contributed by atoms with Gasteiger partial charge in [-0.15, -0.1) is 0 Å². The highest BCUT2D eigenvalue weighted by Crippen LogP contribution is 2.64. The van der Waals surface area contributed by atoms with E-state index in [1.807, 2.05) is 6.08 Å². The molecular formula is C19H30O4. The van der Waals surface area contributed by atoms with Gasteiger partial charge in [-0.2, -0.15) is 0 Å². The number of fused-ring (bicyclic) bond motifs is 5. The summed E-state index contributed by atoms with van der Waals surface area (Å²) in [5.41, 5.74) is 1.01. The first-order chi connectivity index (χ1) is 10.8. The van der Waals surface area contributed by atoms with Crippen LogP contribution in [-0.4, -0.2) is 44.8 Å². The molecule has 4 nitrogen and oxygen atoms in total. The lowest BCUT2D eigenvalue weighted by molar-refractivity contribution is -0.110. The number of hydrogen-bond donors (Lipinski definition) is 4. The molecule has 4 N–H and O–H groups in total. The summed E-state index contributed by atoms with van der Waals surface area (Å²) in [5, 5.41) is 41.6. The standard InChI is InChI=1S/C19H30O4/c1-18-5-3-11(20)7-10(18)8-14(21)16-12(18)4-6-19(2)13(16)9-15(22)17(19)23/h8,11-17,20-23H,3-7,9H2,1-2H3/t11-,12?,13?,14?,15+,16?,17-,18-,19-/m0/s1. The number of hydrogen-bond acceptors (Lipinski definition) is 4. The lowest BCUT2D eigenvalue weighted by Gasteiger charge is -2.58. The summed E-state index contributed by atoms with van der Waals surface area (Å²) in [4.78, 5) is 0. The molecule has 130 valence electrons. The molecule has 4 rings (SSSR count). The summed E-state index contributed by atoms with van der Waals surface area (Å²) in [6.45, 7) is 4.40. The minimum absolute atomic E-state index is 0.0585. The van der Waals surface area contributed by atoms with E-state index in [1.54, 1.807) is 0 Å². The third-order valence-corrected chi connectivity index (χ3v) is 8.08. The van der Waals surface area contributed by atoms with Gasteiger partial charge < -0.3 is 20.4 Å². The molecule has 4 aliphatic carbocycles. The van der Waals surface area contributed by atoms with Gasteiger partial charge in [0.05, 0.1) is 24.4 Å². The van der Waals surface area contributed by atoms with Gasteiger partial charge in [-0.05, 0) is 67.1 Å². The van der Waals surface area contributed by atoms with E-state index in [0.29, 0.717) is 18.8 Å². The summed E-state index contributed by atoms with van der Waals surface area (Å²) in [6.07, 6.45) is 4.85. The lowest BCUT2D eigenvalue weighted by Crippen LogP contribution is -2.55. The zero-order valence-electron chi connectivity index (χ0n) is 14.2. The Kier molecular flexibility index (Phi) is 3.52. The molecule has 4 aliphatic rings. The van der Waals surface area contributed by atoms with Gasteiger partial charge in [0.1, 0.15) is 0 Å². The maximum absolute atomic E-state index is 10.9. The van der Waals surface area contributed by atoms with Crippen LogP contribution in [0.5, 0.6) is 0 Å². The molecule has 23 heavy (non-hydrogen) atoms. The Labute approximate surface area is 138 Å². The third-order valence-electron chi connectivity index (χ3n) is 8.08. The normalized spacial score (nSPS) is 58.9. The SMILES string of the molecule is C[C@]12CC[C@H](O)CC1=CC(O)C1C2CC[C@@]2(C)C1C[C@@H](O)[C@@H]2O. The van der Waals surface area contributed by atoms with Crippen molar-refractivity contribution in [2.24, 2.45) is 28.6 Å². The molecule has 3 fully saturated rings. The molecule has 0 spiro atoms. The van der Waals surface area contributed by atoms with Crippen molar-refractivity contribution in [1.29, 1.82) is 0 Å². The fourth-order valence-electron chi connectivity index (χ4n) is 6.62. The van der Waals surface area contributed by atoms with Crippen LogP contribution in [0.1, 0.15) is 52.4 Å². The van der Waals surface area contributed by atoms with E-state index >= 15 is 0 Å². The topological polar surface area (TPSA) is 80.9 Å². The quantitative estimate of drug-likeness (QED) is 0.511. The van der Waals surface area contributed by atoms with E-state index in [9.17, 15) is 20.4 Å². The van der Waals surface area contributed by atoms with Crippen molar-refractivity contribution < 1.29 is 20.4 Å². The van der Waals surface area contributed by atoms with Crippen LogP contribution in [-0.2, 0) is 0 Å². The fraction of sp³-hybridized carbons (Fsp3) is 0.895. The van der Waals surface area contributed by atoms with Gasteiger partial charge in [-0.1, -0.05) is 25.5 Å². The molecule has 9 atom stereocenters. The molecule has 4 unspecified atom stereocenters. The van der Waals surface area contributed by atoms with Gasteiger partial charge in [-0.3, -0.25) is 0 Å². The van der Waals surface area contributed by atoms with Gasteiger partial charge in [0.2, 0.25) is 0 Å². The van der Waals surface area contributed by atoms with Crippen molar-refractivity contribution in [3.63, 3.8) is 0 Å². The summed E-state index contributed by atoms with van der Waals surface area (Å²) in [7, 11) is 0. The molecule has 0 aromatic carbocycles. The van der Waals surface area contributed by atoms with Crippen molar-refractivity contribution in [3.8, 4) is 0 Å². The lowest BCUT2D eigenvalue weighted by atomic mass is 9.47. The molecule has 0 aromatic heterocycles. The monoisotopic (exact) mass is 322 g/mol. The van der Waals surface area contributed by atoms with Gasteiger partial charge >= 0.3 is 0 Å². The van der Waals surface area contributed by atoms with E-state index in [1.165, 1.54) is 5.57 Å². The molecule has 0 aromatic rings. The number of aliphatic hydroxyl groups is 4. The van der Waals surface area contributed by atoms with Crippen molar-refractivity contribution >= 4 is 0 Å². The fourth-order valence-corrected chi connectivity index (χ4v) is 6.62. The first-order valence-electron chi connectivity index (χ1n) is 9.21. The second kappa shape index (κ2) is 5.04. The molecular weight excluding hydrogens is 292 g/mol. The van der Waals surface area contributed by atoms with Gasteiger partial charge in [0.15, 0.2) is 0 Å². The summed E-state index contributed by atoms with van der Waals surface area (Å²) >= 11 is 0. The van der Waals surface area contributed by atoms with Crippen molar-refractivity contribution in [1.82, 2.24) is 0 Å². The van der Waals surface area contributed by atoms with E-state index < -0.39 is 18.3 Å². The Morgan fingerprint density at radius 1 is 1.00 bits per heavy atom. The van der Waals surface area contributed by atoms with Gasteiger partial charge in [0.25, 0.3) is 0 Å². The molecule has 0 aliphatic heterocycles. The van der Waals surface area contributed by atoms with Crippen molar-refractivity contribution in [2.75, 3.05) is 0 Å². The molecule has 3 saturated carbocycles. The largest absolute Gasteiger partial charge is 0.393 e. The summed E-state index contributed by atoms with van der Waals surface area (Å²) < 4.78 is 0. The predicted octanol–water partition coefficient (Wildman–Crippen LogP) is 1.61. The average molecular weight is 322 g/mol. The molecule has 0 radical (unpaired) electrons. The first kappa shape index (κ1) is 16.1. The second-order valence-electron chi connectivity index (χ2n) is 9.08. The Bertz CT molecular complexity index is 531. The Hall–Kier alpha value is -0.420. The van der Waals surface area contributed by atoms with Crippen LogP contribution >= 0.6 is 0 Å². The van der Waals surface area contributed by atoms with Crippen LogP contribution < -0.4 is 0 Å². The minimum atomic E-state index is -0.674. The molecule has 4 heteroatoms. The number of rotatable bonds is 0. The third kappa shape index (κ3) is 2.05. The predicted molar refractivity (Wildman–Crippen MR) is 86.5 cm³/mol. The highest BCUT2D eigenvalue weighted by molar-refractivity contribution is 5.28. The highest BCUT2D eigenvalue weighted by Gasteiger charge is 2.62. The zero-order valence-corrected chi connectivity index (χ0v) is 14.2. The van der Waals surface area contributed by atoms with E-state index in [4.69, 9.17) is 0 Å². The van der Waals surface area contributed by atoms with E-state index in [2.05, 4.69) is 13.8 Å². The van der Waals surface area contributed by atoms with Crippen LogP contribution in [0.3, 0.4) is 0 Å². The van der Waals surface area contributed by atoms with E-state index in [-0.39, 0.29) is 28.8 Å². The summed E-state index contributed by atoms with van der Waals surface area (Å²) in [6, 6.07) is 0. The Balaban J connectivity index is 1.73.